The van der Waals surface area contributed by atoms with Crippen molar-refractivity contribution in [3.05, 3.63) is 0 Å². The number of hydrogen-bond acceptors (Lipinski definition) is 2. The van der Waals surface area contributed by atoms with Crippen LogP contribution in [0.4, 0.5) is 0 Å². The van der Waals surface area contributed by atoms with E-state index in [-0.39, 0.29) is 11.8 Å². The molecule has 7 atom stereocenters. The van der Waals surface area contributed by atoms with Crippen LogP contribution in [0.3, 0.4) is 0 Å². The van der Waals surface area contributed by atoms with Gasteiger partial charge in [-0.15, -0.1) is 0 Å². The van der Waals surface area contributed by atoms with Gasteiger partial charge in [0.2, 0.25) is 0 Å². The Hall–Kier alpha value is -0.570. The minimum absolute atomic E-state index is 0.0721. The van der Waals surface area contributed by atoms with Gasteiger partial charge < -0.3 is 10.2 Å². The summed E-state index contributed by atoms with van der Waals surface area (Å²) >= 11 is 0. The predicted octanol–water partition coefficient (Wildman–Crippen LogP) is 4.63. The first-order valence-corrected chi connectivity index (χ1v) is 10.2. The number of carbonyl (C=O) groups is 1. The van der Waals surface area contributed by atoms with E-state index < -0.39 is 11.6 Å². The second-order valence-corrected chi connectivity index (χ2v) is 10.00. The molecule has 0 radical (unpaired) electrons. The number of carboxylic acid groups (broad SMARTS) is 1. The number of aliphatic carboxylic acids is 1. The van der Waals surface area contributed by atoms with Gasteiger partial charge in [-0.1, -0.05) is 26.7 Å². The molecule has 0 bridgehead atoms. The maximum atomic E-state index is 11.3. The summed E-state index contributed by atoms with van der Waals surface area (Å²) in [6, 6.07) is 0. The summed E-state index contributed by atoms with van der Waals surface area (Å²) in [6.45, 7) is 4.77. The summed E-state index contributed by atoms with van der Waals surface area (Å²) in [4.78, 5) is 11.3. The van der Waals surface area contributed by atoms with Crippen LogP contribution in [0, 0.1) is 34.5 Å². The molecule has 0 spiro atoms. The molecule has 4 saturated carbocycles. The summed E-state index contributed by atoms with van der Waals surface area (Å²) < 4.78 is 0. The molecule has 136 valence electrons. The van der Waals surface area contributed by atoms with Crippen LogP contribution in [0.2, 0.25) is 0 Å². The summed E-state index contributed by atoms with van der Waals surface area (Å²) in [5.41, 5.74) is -0.667. The average Bonchev–Trinajstić information content (AvgIpc) is 2.77. The van der Waals surface area contributed by atoms with Crippen molar-refractivity contribution in [3.63, 3.8) is 0 Å². The Morgan fingerprint density at radius 2 is 1.71 bits per heavy atom. The molecular weight excluding hydrogens is 300 g/mol. The summed E-state index contributed by atoms with van der Waals surface area (Å²) in [5.74, 6) is 2.12. The monoisotopic (exact) mass is 334 g/mol. The minimum atomic E-state index is -0.987. The Labute approximate surface area is 146 Å². The third-order valence-electron chi connectivity index (χ3n) is 9.35. The highest BCUT2D eigenvalue weighted by Crippen LogP contribution is 2.68. The van der Waals surface area contributed by atoms with E-state index >= 15 is 0 Å². The number of hydrogen-bond donors (Lipinski definition) is 2. The maximum absolute atomic E-state index is 11.3. The van der Waals surface area contributed by atoms with Crippen LogP contribution in [-0.2, 0) is 4.79 Å². The Morgan fingerprint density at radius 1 is 0.958 bits per heavy atom. The molecule has 0 heterocycles. The molecule has 1 unspecified atom stereocenters. The molecule has 4 fully saturated rings. The van der Waals surface area contributed by atoms with Gasteiger partial charge in [0, 0.05) is 0 Å². The smallest absolute Gasteiger partial charge is 0.306 e. The van der Waals surface area contributed by atoms with Gasteiger partial charge in [0.05, 0.1) is 12.0 Å². The zero-order chi connectivity index (χ0) is 17.2. The first-order valence-electron chi connectivity index (χ1n) is 10.2. The standard InChI is InChI=1S/C21H34O3/c1-19-10-4-3-5-14(19)6-7-15-16(19)8-11-20(2)17(15)9-12-21(20,24)13-18(22)23/h14-17,24H,3-13H2,1-2H3,(H,22,23)/t14?,15-,16+,17+,19+,20+,21-/m1/s1. The van der Waals surface area contributed by atoms with Gasteiger partial charge >= 0.3 is 5.97 Å². The van der Waals surface area contributed by atoms with Crippen LogP contribution in [0.25, 0.3) is 0 Å². The topological polar surface area (TPSA) is 57.5 Å². The Morgan fingerprint density at radius 3 is 2.46 bits per heavy atom. The van der Waals surface area contributed by atoms with Crippen LogP contribution in [-0.4, -0.2) is 21.8 Å². The highest BCUT2D eigenvalue weighted by atomic mass is 16.4. The summed E-state index contributed by atoms with van der Waals surface area (Å²) in [5, 5.41) is 20.5. The third-order valence-corrected chi connectivity index (χ3v) is 9.35. The molecule has 2 N–H and O–H groups in total. The second-order valence-electron chi connectivity index (χ2n) is 10.00. The van der Waals surface area contributed by atoms with E-state index in [1.165, 1.54) is 44.9 Å². The second kappa shape index (κ2) is 5.46. The molecule has 3 heteroatoms. The zero-order valence-corrected chi connectivity index (χ0v) is 15.4. The molecule has 24 heavy (non-hydrogen) atoms. The quantitative estimate of drug-likeness (QED) is 0.774. The summed E-state index contributed by atoms with van der Waals surface area (Å²) in [7, 11) is 0. The van der Waals surface area contributed by atoms with Crippen LogP contribution in [0.1, 0.15) is 84.5 Å². The van der Waals surface area contributed by atoms with Gasteiger partial charge in [0.15, 0.2) is 0 Å². The van der Waals surface area contributed by atoms with Crippen LogP contribution in [0.15, 0.2) is 0 Å². The molecular formula is C21H34O3. The largest absolute Gasteiger partial charge is 0.481 e. The van der Waals surface area contributed by atoms with Crippen molar-refractivity contribution in [2.75, 3.05) is 0 Å². The highest BCUT2D eigenvalue weighted by Gasteiger charge is 2.64. The summed E-state index contributed by atoms with van der Waals surface area (Å²) in [6.07, 6.45) is 12.2. The fraction of sp³-hybridized carbons (Fsp3) is 0.952. The lowest BCUT2D eigenvalue weighted by Gasteiger charge is -2.61. The van der Waals surface area contributed by atoms with Crippen molar-refractivity contribution in [2.45, 2.75) is 90.1 Å². The molecule has 4 aliphatic carbocycles. The number of carboxylic acids is 1. The van der Waals surface area contributed by atoms with E-state index in [9.17, 15) is 15.0 Å². The maximum Gasteiger partial charge on any atom is 0.306 e. The van der Waals surface area contributed by atoms with Crippen molar-refractivity contribution in [1.82, 2.24) is 0 Å². The zero-order valence-electron chi connectivity index (χ0n) is 15.4. The molecule has 0 aromatic rings. The van der Waals surface area contributed by atoms with E-state index in [2.05, 4.69) is 13.8 Å². The van der Waals surface area contributed by atoms with Crippen molar-refractivity contribution in [2.24, 2.45) is 34.5 Å². The van der Waals surface area contributed by atoms with Gasteiger partial charge in [-0.2, -0.15) is 0 Å². The van der Waals surface area contributed by atoms with E-state index in [4.69, 9.17) is 0 Å². The highest BCUT2D eigenvalue weighted by molar-refractivity contribution is 5.68. The van der Waals surface area contributed by atoms with Gasteiger partial charge in [-0.3, -0.25) is 4.79 Å². The van der Waals surface area contributed by atoms with Gasteiger partial charge in [0.25, 0.3) is 0 Å². The molecule has 3 nitrogen and oxygen atoms in total. The first kappa shape index (κ1) is 16.9. The lowest BCUT2D eigenvalue weighted by atomic mass is 9.44. The normalized spacial score (nSPS) is 53.8. The van der Waals surface area contributed by atoms with Gasteiger partial charge in [-0.25, -0.2) is 0 Å². The van der Waals surface area contributed by atoms with Gasteiger partial charge in [0.1, 0.15) is 0 Å². The SMILES string of the molecule is C[C@]12CCCCC1CC[C@@H]1[C@@H]2CC[C@@]2(C)[C@H]1CC[C@@]2(O)CC(=O)O. The molecule has 0 aliphatic heterocycles. The van der Waals surface area contributed by atoms with Gasteiger partial charge in [-0.05, 0) is 85.9 Å². The Kier molecular flexibility index (Phi) is 3.84. The van der Waals surface area contributed by atoms with Crippen molar-refractivity contribution in [1.29, 1.82) is 0 Å². The molecule has 0 saturated heterocycles. The fourth-order valence-electron chi connectivity index (χ4n) is 7.95. The number of rotatable bonds is 2. The number of aliphatic hydroxyl groups is 1. The average molecular weight is 335 g/mol. The van der Waals surface area contributed by atoms with Crippen LogP contribution >= 0.6 is 0 Å². The molecule has 0 aromatic heterocycles. The lowest BCUT2D eigenvalue weighted by Crippen LogP contribution is -2.56. The van der Waals surface area contributed by atoms with Crippen molar-refractivity contribution < 1.29 is 15.0 Å². The van der Waals surface area contributed by atoms with Crippen molar-refractivity contribution in [3.8, 4) is 0 Å². The molecule has 0 amide bonds. The van der Waals surface area contributed by atoms with E-state index in [1.54, 1.807) is 0 Å². The minimum Gasteiger partial charge on any atom is -0.481 e. The van der Waals surface area contributed by atoms with E-state index in [1.807, 2.05) is 0 Å². The first-order chi connectivity index (χ1) is 11.3. The molecule has 4 aliphatic rings. The third kappa shape index (κ3) is 2.15. The molecule has 4 rings (SSSR count). The number of fused-ring (bicyclic) bond motifs is 5. The van der Waals surface area contributed by atoms with Crippen LogP contribution < -0.4 is 0 Å². The lowest BCUT2D eigenvalue weighted by molar-refractivity contribution is -0.166. The van der Waals surface area contributed by atoms with Crippen molar-refractivity contribution >= 4 is 5.97 Å². The van der Waals surface area contributed by atoms with E-state index in [0.717, 1.165) is 24.7 Å². The predicted molar refractivity (Wildman–Crippen MR) is 93.5 cm³/mol. The molecule has 0 aromatic carbocycles. The Bertz CT molecular complexity index is 531. The Balaban J connectivity index is 1.63. The van der Waals surface area contributed by atoms with E-state index in [0.29, 0.717) is 23.7 Å². The fourth-order valence-corrected chi connectivity index (χ4v) is 7.95. The van der Waals surface area contributed by atoms with Crippen LogP contribution in [0.5, 0.6) is 0 Å².